The van der Waals surface area contributed by atoms with Crippen molar-refractivity contribution in [1.29, 1.82) is 0 Å². The standard InChI is InChI=1S/C14H21N3O/c1-10(2)17-14(15-9-16-17)8-13(18)12-6-4-11(3)5-7-12/h6,9-11H,4-5,7-8H2,1-3H3. The van der Waals surface area contributed by atoms with E-state index in [0.29, 0.717) is 12.3 Å². The summed E-state index contributed by atoms with van der Waals surface area (Å²) in [7, 11) is 0. The number of ketones is 1. The molecule has 0 N–H and O–H groups in total. The van der Waals surface area contributed by atoms with Gasteiger partial charge in [0.05, 0.1) is 6.42 Å². The van der Waals surface area contributed by atoms with Gasteiger partial charge in [-0.25, -0.2) is 9.67 Å². The van der Waals surface area contributed by atoms with Crippen LogP contribution in [0.5, 0.6) is 0 Å². The highest BCUT2D eigenvalue weighted by molar-refractivity contribution is 5.96. The Bertz CT molecular complexity index is 459. The van der Waals surface area contributed by atoms with E-state index >= 15 is 0 Å². The summed E-state index contributed by atoms with van der Waals surface area (Å²) in [6.07, 6.45) is 7.06. The molecule has 0 aliphatic heterocycles. The Hall–Kier alpha value is -1.45. The SMILES string of the molecule is CC1CC=C(C(=O)Cc2ncnn2C(C)C)CC1. The first kappa shape index (κ1) is 13.0. The summed E-state index contributed by atoms with van der Waals surface area (Å²) < 4.78 is 1.82. The fourth-order valence-electron chi connectivity index (χ4n) is 2.31. The lowest BCUT2D eigenvalue weighted by Gasteiger charge is -2.17. The van der Waals surface area contributed by atoms with Gasteiger partial charge in [0.25, 0.3) is 0 Å². The monoisotopic (exact) mass is 247 g/mol. The van der Waals surface area contributed by atoms with Crippen LogP contribution >= 0.6 is 0 Å². The first-order valence-electron chi connectivity index (χ1n) is 6.68. The Kier molecular flexibility index (Phi) is 3.94. The lowest BCUT2D eigenvalue weighted by molar-refractivity contribution is -0.115. The Morgan fingerprint density at radius 2 is 2.33 bits per heavy atom. The van der Waals surface area contributed by atoms with Crippen LogP contribution < -0.4 is 0 Å². The molecule has 1 aromatic heterocycles. The Morgan fingerprint density at radius 3 is 2.94 bits per heavy atom. The van der Waals surface area contributed by atoms with Crippen LogP contribution in [0.4, 0.5) is 0 Å². The second-order valence-corrected chi connectivity index (χ2v) is 5.42. The largest absolute Gasteiger partial charge is 0.294 e. The van der Waals surface area contributed by atoms with E-state index in [-0.39, 0.29) is 11.8 Å². The molecule has 0 fully saturated rings. The molecule has 0 radical (unpaired) electrons. The number of aromatic nitrogens is 3. The predicted octanol–water partition coefficient (Wildman–Crippen LogP) is 2.72. The minimum absolute atomic E-state index is 0.205. The number of nitrogens with zero attached hydrogens (tertiary/aromatic N) is 3. The van der Waals surface area contributed by atoms with E-state index in [4.69, 9.17) is 0 Å². The fraction of sp³-hybridized carbons (Fsp3) is 0.643. The normalized spacial score (nSPS) is 20.0. The molecule has 0 bridgehead atoms. The molecule has 1 unspecified atom stereocenters. The second-order valence-electron chi connectivity index (χ2n) is 5.42. The maximum Gasteiger partial charge on any atom is 0.166 e. The quantitative estimate of drug-likeness (QED) is 0.822. The Labute approximate surface area is 108 Å². The average Bonchev–Trinajstić information content (AvgIpc) is 2.78. The van der Waals surface area contributed by atoms with Gasteiger partial charge >= 0.3 is 0 Å². The van der Waals surface area contributed by atoms with Gasteiger partial charge in [-0.3, -0.25) is 4.79 Å². The van der Waals surface area contributed by atoms with Gasteiger partial charge in [0.1, 0.15) is 12.2 Å². The zero-order chi connectivity index (χ0) is 13.1. The van der Waals surface area contributed by atoms with Crippen LogP contribution in [0.1, 0.15) is 51.9 Å². The van der Waals surface area contributed by atoms with Crippen molar-refractivity contribution in [3.8, 4) is 0 Å². The van der Waals surface area contributed by atoms with Crippen molar-refractivity contribution < 1.29 is 4.79 Å². The third-order valence-electron chi connectivity index (χ3n) is 3.49. The molecule has 0 aromatic carbocycles. The van der Waals surface area contributed by atoms with Crippen molar-refractivity contribution in [1.82, 2.24) is 14.8 Å². The van der Waals surface area contributed by atoms with Gasteiger partial charge in [-0.1, -0.05) is 13.0 Å². The third-order valence-corrected chi connectivity index (χ3v) is 3.49. The zero-order valence-corrected chi connectivity index (χ0v) is 11.4. The van der Waals surface area contributed by atoms with Crippen molar-refractivity contribution >= 4 is 5.78 Å². The van der Waals surface area contributed by atoms with Gasteiger partial charge in [0.15, 0.2) is 5.78 Å². The van der Waals surface area contributed by atoms with E-state index in [0.717, 1.165) is 30.7 Å². The molecule has 0 saturated carbocycles. The predicted molar refractivity (Wildman–Crippen MR) is 70.2 cm³/mol. The Balaban J connectivity index is 2.05. The summed E-state index contributed by atoms with van der Waals surface area (Å²) in [5.41, 5.74) is 0.978. The van der Waals surface area contributed by atoms with E-state index in [1.54, 1.807) is 0 Å². The van der Waals surface area contributed by atoms with Gasteiger partial charge < -0.3 is 0 Å². The van der Waals surface area contributed by atoms with E-state index in [1.165, 1.54) is 6.33 Å². The number of hydrogen-bond donors (Lipinski definition) is 0. The van der Waals surface area contributed by atoms with Crippen LogP contribution in [0, 0.1) is 5.92 Å². The fourth-order valence-corrected chi connectivity index (χ4v) is 2.31. The van der Waals surface area contributed by atoms with Gasteiger partial charge in [0.2, 0.25) is 0 Å². The van der Waals surface area contributed by atoms with E-state index in [2.05, 4.69) is 23.1 Å². The summed E-state index contributed by atoms with van der Waals surface area (Å²) in [4.78, 5) is 16.4. The van der Waals surface area contributed by atoms with Crippen molar-refractivity contribution in [2.45, 2.75) is 52.5 Å². The molecular weight excluding hydrogens is 226 g/mol. The third kappa shape index (κ3) is 2.86. The van der Waals surface area contributed by atoms with E-state index < -0.39 is 0 Å². The maximum atomic E-state index is 12.2. The van der Waals surface area contributed by atoms with Gasteiger partial charge in [0, 0.05) is 6.04 Å². The van der Waals surface area contributed by atoms with E-state index in [1.807, 2.05) is 18.5 Å². The van der Waals surface area contributed by atoms with E-state index in [9.17, 15) is 4.79 Å². The summed E-state index contributed by atoms with van der Waals surface area (Å²) in [5.74, 6) is 1.69. The first-order chi connectivity index (χ1) is 8.58. The number of carbonyl (C=O) groups is 1. The molecule has 2 rings (SSSR count). The molecular formula is C14H21N3O. The highest BCUT2D eigenvalue weighted by Crippen LogP contribution is 2.24. The molecule has 0 saturated heterocycles. The number of carbonyl (C=O) groups excluding carboxylic acids is 1. The summed E-state index contributed by atoms with van der Waals surface area (Å²) >= 11 is 0. The number of allylic oxidation sites excluding steroid dienone is 2. The highest BCUT2D eigenvalue weighted by atomic mass is 16.1. The number of hydrogen-bond acceptors (Lipinski definition) is 3. The van der Waals surface area contributed by atoms with Crippen molar-refractivity contribution in [3.05, 3.63) is 23.8 Å². The number of rotatable bonds is 4. The van der Waals surface area contributed by atoms with Crippen LogP contribution in [0.25, 0.3) is 0 Å². The molecule has 1 aromatic rings. The molecule has 0 amide bonds. The molecule has 1 atom stereocenters. The van der Waals surface area contributed by atoms with Crippen LogP contribution in [0.3, 0.4) is 0 Å². The zero-order valence-electron chi connectivity index (χ0n) is 11.4. The van der Waals surface area contributed by atoms with Gasteiger partial charge in [-0.2, -0.15) is 5.10 Å². The molecule has 1 heterocycles. The minimum Gasteiger partial charge on any atom is -0.294 e. The van der Waals surface area contributed by atoms with Gasteiger partial charge in [-0.05, 0) is 44.6 Å². The lowest BCUT2D eigenvalue weighted by atomic mass is 9.88. The second kappa shape index (κ2) is 5.46. The number of Topliss-reactive ketones (excluding diaryl/α,β-unsaturated/α-hetero) is 1. The summed E-state index contributed by atoms with van der Waals surface area (Å²) in [5, 5.41) is 4.16. The molecule has 1 aliphatic rings. The summed E-state index contributed by atoms with van der Waals surface area (Å²) in [6, 6.07) is 0.246. The smallest absolute Gasteiger partial charge is 0.166 e. The molecule has 18 heavy (non-hydrogen) atoms. The molecule has 98 valence electrons. The van der Waals surface area contributed by atoms with Crippen molar-refractivity contribution in [2.75, 3.05) is 0 Å². The molecule has 4 nitrogen and oxygen atoms in total. The van der Waals surface area contributed by atoms with Crippen LogP contribution in [-0.2, 0) is 11.2 Å². The van der Waals surface area contributed by atoms with Gasteiger partial charge in [-0.15, -0.1) is 0 Å². The van der Waals surface area contributed by atoms with Crippen LogP contribution in [-0.4, -0.2) is 20.5 Å². The Morgan fingerprint density at radius 1 is 1.56 bits per heavy atom. The van der Waals surface area contributed by atoms with Crippen LogP contribution in [0.15, 0.2) is 18.0 Å². The highest BCUT2D eigenvalue weighted by Gasteiger charge is 2.18. The minimum atomic E-state index is 0.205. The molecule has 0 spiro atoms. The first-order valence-corrected chi connectivity index (χ1v) is 6.68. The van der Waals surface area contributed by atoms with Crippen molar-refractivity contribution in [3.63, 3.8) is 0 Å². The van der Waals surface area contributed by atoms with Crippen LogP contribution in [0.2, 0.25) is 0 Å². The average molecular weight is 247 g/mol. The van der Waals surface area contributed by atoms with Crippen molar-refractivity contribution in [2.24, 2.45) is 5.92 Å². The maximum absolute atomic E-state index is 12.2. The molecule has 4 heteroatoms. The lowest BCUT2D eigenvalue weighted by Crippen LogP contribution is -2.16. The molecule has 1 aliphatic carbocycles. The summed E-state index contributed by atoms with van der Waals surface area (Å²) in [6.45, 7) is 6.32. The topological polar surface area (TPSA) is 47.8 Å².